The highest BCUT2D eigenvalue weighted by Gasteiger charge is 2.09. The molecule has 0 spiro atoms. The zero-order valence-electron chi connectivity index (χ0n) is 9.82. The van der Waals surface area contributed by atoms with Crippen molar-refractivity contribution in [1.29, 1.82) is 0 Å². The Bertz CT molecular complexity index is 327. The molecule has 1 aromatic heterocycles. The quantitative estimate of drug-likeness (QED) is 0.770. The Morgan fingerprint density at radius 3 is 3.00 bits per heavy atom. The highest BCUT2D eigenvalue weighted by atomic mass is 32.1. The molecule has 1 nitrogen and oxygen atoms in total. The summed E-state index contributed by atoms with van der Waals surface area (Å²) >= 11 is 1.84. The van der Waals surface area contributed by atoms with Crippen LogP contribution in [0, 0.1) is 0 Å². The highest BCUT2D eigenvalue weighted by molar-refractivity contribution is 7.09. The minimum Gasteiger partial charge on any atom is -0.327 e. The second kappa shape index (κ2) is 6.21. The van der Waals surface area contributed by atoms with Crippen LogP contribution in [0.25, 0.3) is 0 Å². The molecule has 88 valence electrons. The maximum Gasteiger partial charge on any atom is 0.00795 e. The van der Waals surface area contributed by atoms with Crippen molar-refractivity contribution in [3.8, 4) is 0 Å². The van der Waals surface area contributed by atoms with Gasteiger partial charge in [-0.25, -0.2) is 0 Å². The molecule has 1 unspecified atom stereocenters. The number of aryl methyl sites for hydroxylation is 1. The van der Waals surface area contributed by atoms with Gasteiger partial charge in [0, 0.05) is 10.9 Å². The van der Waals surface area contributed by atoms with Gasteiger partial charge in [-0.2, -0.15) is 0 Å². The van der Waals surface area contributed by atoms with Crippen molar-refractivity contribution >= 4 is 11.3 Å². The van der Waals surface area contributed by atoms with Gasteiger partial charge in [0.25, 0.3) is 0 Å². The summed E-state index contributed by atoms with van der Waals surface area (Å²) in [6, 6.07) is 4.68. The average molecular weight is 235 g/mol. The first-order valence-electron chi connectivity index (χ1n) is 6.30. The molecule has 2 N–H and O–H groups in total. The number of nitrogens with two attached hydrogens (primary N) is 1. The lowest BCUT2D eigenvalue weighted by atomic mass is 9.93. The highest BCUT2D eigenvalue weighted by Crippen LogP contribution is 2.22. The van der Waals surface area contributed by atoms with Crippen LogP contribution < -0.4 is 5.73 Å². The van der Waals surface area contributed by atoms with E-state index in [1.807, 2.05) is 11.3 Å². The molecule has 1 aliphatic rings. The van der Waals surface area contributed by atoms with Gasteiger partial charge in [-0.05, 0) is 56.4 Å². The van der Waals surface area contributed by atoms with Gasteiger partial charge in [0.05, 0.1) is 0 Å². The summed E-state index contributed by atoms with van der Waals surface area (Å²) in [5.41, 5.74) is 7.79. The van der Waals surface area contributed by atoms with Gasteiger partial charge in [0.15, 0.2) is 0 Å². The Hall–Kier alpha value is -0.600. The first-order valence-corrected chi connectivity index (χ1v) is 7.18. The molecule has 0 fully saturated rings. The molecule has 0 saturated carbocycles. The topological polar surface area (TPSA) is 26.0 Å². The average Bonchev–Trinajstić information content (AvgIpc) is 2.81. The molecule has 2 heteroatoms. The van der Waals surface area contributed by atoms with Crippen LogP contribution in [-0.2, 0) is 6.42 Å². The van der Waals surface area contributed by atoms with Crippen molar-refractivity contribution in [3.05, 3.63) is 34.0 Å². The van der Waals surface area contributed by atoms with E-state index in [4.69, 9.17) is 5.73 Å². The predicted molar refractivity (Wildman–Crippen MR) is 71.8 cm³/mol. The Labute approximate surface area is 102 Å². The smallest absolute Gasteiger partial charge is 0.00795 e. The first-order chi connectivity index (χ1) is 7.84. The van der Waals surface area contributed by atoms with Crippen LogP contribution >= 0.6 is 11.3 Å². The molecule has 0 radical (unpaired) electrons. The van der Waals surface area contributed by atoms with Gasteiger partial charge in [-0.3, -0.25) is 0 Å². The number of thiophene rings is 1. The minimum atomic E-state index is 0.353. The van der Waals surface area contributed by atoms with Crippen LogP contribution in [0.2, 0.25) is 0 Å². The summed E-state index contributed by atoms with van der Waals surface area (Å²) in [5.74, 6) is 0. The maximum absolute atomic E-state index is 6.18. The van der Waals surface area contributed by atoms with E-state index in [1.54, 1.807) is 5.57 Å². The van der Waals surface area contributed by atoms with E-state index >= 15 is 0 Å². The second-order valence-electron chi connectivity index (χ2n) is 4.69. The van der Waals surface area contributed by atoms with E-state index in [-0.39, 0.29) is 0 Å². The molecule has 0 aliphatic heterocycles. The van der Waals surface area contributed by atoms with Crippen LogP contribution in [0.15, 0.2) is 29.2 Å². The standard InChI is InChI=1S/C14H21NS/c15-13(8-9-14-7-4-10-16-14)11-12-5-2-1-3-6-12/h4-5,7,10,13H,1-3,6,8-9,11,15H2. The van der Waals surface area contributed by atoms with E-state index in [1.165, 1.54) is 30.6 Å². The Morgan fingerprint density at radius 1 is 1.38 bits per heavy atom. The molecule has 1 aromatic rings. The van der Waals surface area contributed by atoms with Crippen LogP contribution in [-0.4, -0.2) is 6.04 Å². The first kappa shape index (κ1) is 11.9. The van der Waals surface area contributed by atoms with E-state index in [0.717, 1.165) is 19.3 Å². The van der Waals surface area contributed by atoms with Gasteiger partial charge < -0.3 is 5.73 Å². The van der Waals surface area contributed by atoms with E-state index in [2.05, 4.69) is 23.6 Å². The van der Waals surface area contributed by atoms with Gasteiger partial charge in [-0.1, -0.05) is 17.7 Å². The molecule has 0 saturated heterocycles. The second-order valence-corrected chi connectivity index (χ2v) is 5.72. The number of allylic oxidation sites excluding steroid dienone is 1. The minimum absolute atomic E-state index is 0.353. The molecule has 0 amide bonds. The molecule has 1 aliphatic carbocycles. The molecule has 1 heterocycles. The van der Waals surface area contributed by atoms with E-state index in [9.17, 15) is 0 Å². The normalized spacial score (nSPS) is 18.2. The summed E-state index contributed by atoms with van der Waals surface area (Å²) < 4.78 is 0. The van der Waals surface area contributed by atoms with Gasteiger partial charge >= 0.3 is 0 Å². The van der Waals surface area contributed by atoms with E-state index in [0.29, 0.717) is 6.04 Å². The fraction of sp³-hybridized carbons (Fsp3) is 0.571. The molecule has 16 heavy (non-hydrogen) atoms. The van der Waals surface area contributed by atoms with Crippen molar-refractivity contribution in [3.63, 3.8) is 0 Å². The molecular weight excluding hydrogens is 214 g/mol. The van der Waals surface area contributed by atoms with Crippen molar-refractivity contribution in [1.82, 2.24) is 0 Å². The molecule has 0 aromatic carbocycles. The summed E-state index contributed by atoms with van der Waals surface area (Å²) in [6.07, 6.45) is 11.1. The monoisotopic (exact) mass is 235 g/mol. The lowest BCUT2D eigenvalue weighted by Gasteiger charge is -2.17. The van der Waals surface area contributed by atoms with E-state index < -0.39 is 0 Å². The molecular formula is C14H21NS. The van der Waals surface area contributed by atoms with Crippen LogP contribution in [0.5, 0.6) is 0 Å². The third-order valence-corrected chi connectivity index (χ3v) is 4.19. The lowest BCUT2D eigenvalue weighted by Crippen LogP contribution is -2.21. The molecule has 0 bridgehead atoms. The summed E-state index contributed by atoms with van der Waals surface area (Å²) in [4.78, 5) is 1.47. The van der Waals surface area contributed by atoms with Crippen molar-refractivity contribution in [2.24, 2.45) is 5.73 Å². The van der Waals surface area contributed by atoms with Crippen LogP contribution in [0.3, 0.4) is 0 Å². The van der Waals surface area contributed by atoms with Gasteiger partial charge in [0.2, 0.25) is 0 Å². The number of hydrogen-bond acceptors (Lipinski definition) is 2. The number of rotatable bonds is 5. The molecule has 1 atom stereocenters. The summed E-state index contributed by atoms with van der Waals surface area (Å²) in [6.45, 7) is 0. The Balaban J connectivity index is 1.71. The maximum atomic E-state index is 6.18. The zero-order valence-corrected chi connectivity index (χ0v) is 10.6. The fourth-order valence-electron chi connectivity index (χ4n) is 2.31. The summed E-state index contributed by atoms with van der Waals surface area (Å²) in [5, 5.41) is 2.14. The zero-order chi connectivity index (χ0) is 11.2. The largest absolute Gasteiger partial charge is 0.327 e. The van der Waals surface area contributed by atoms with Gasteiger partial charge in [-0.15, -0.1) is 11.3 Å². The Kier molecular flexibility index (Phi) is 4.61. The number of hydrogen-bond donors (Lipinski definition) is 1. The Morgan fingerprint density at radius 2 is 2.31 bits per heavy atom. The predicted octanol–water partition coefficient (Wildman–Crippen LogP) is 3.90. The SMILES string of the molecule is NC(CCc1cccs1)CC1=CCCCC1. The third kappa shape index (κ3) is 3.76. The van der Waals surface area contributed by atoms with Crippen molar-refractivity contribution < 1.29 is 0 Å². The van der Waals surface area contributed by atoms with Crippen LogP contribution in [0.1, 0.15) is 43.4 Å². The summed E-state index contributed by atoms with van der Waals surface area (Å²) in [7, 11) is 0. The fourth-order valence-corrected chi connectivity index (χ4v) is 3.04. The van der Waals surface area contributed by atoms with Crippen molar-refractivity contribution in [2.45, 2.75) is 51.0 Å². The third-order valence-electron chi connectivity index (χ3n) is 3.25. The lowest BCUT2D eigenvalue weighted by molar-refractivity contribution is 0.576. The van der Waals surface area contributed by atoms with Gasteiger partial charge in [0.1, 0.15) is 0 Å². The molecule has 2 rings (SSSR count). The van der Waals surface area contributed by atoms with Crippen molar-refractivity contribution in [2.75, 3.05) is 0 Å². The van der Waals surface area contributed by atoms with Crippen LogP contribution in [0.4, 0.5) is 0 Å².